The molecule has 1 saturated heterocycles. The lowest BCUT2D eigenvalue weighted by atomic mass is 10.0. The minimum absolute atomic E-state index is 0.115. The molecule has 3 heterocycles. The fourth-order valence-corrected chi connectivity index (χ4v) is 3.56. The zero-order chi connectivity index (χ0) is 15.4. The minimum Gasteiger partial charge on any atom is -0.391 e. The minimum atomic E-state index is -0.244. The number of hydrogen-bond acceptors (Lipinski definition) is 5. The van der Waals surface area contributed by atoms with Crippen LogP contribution in [0.25, 0.3) is 16.7 Å². The lowest BCUT2D eigenvalue weighted by molar-refractivity contribution is 0.136. The molecule has 0 bridgehead atoms. The van der Waals surface area contributed by atoms with Crippen LogP contribution < -0.4 is 4.90 Å². The molecular formula is C17H17N5O. The summed E-state index contributed by atoms with van der Waals surface area (Å²) in [5.74, 6) is 1.61. The smallest absolute Gasteiger partial charge is 0.159 e. The number of anilines is 1. The van der Waals surface area contributed by atoms with Crippen molar-refractivity contribution in [1.82, 2.24) is 19.7 Å². The number of aliphatic hydroxyl groups excluding tert-OH is 1. The first-order chi connectivity index (χ1) is 11.3. The van der Waals surface area contributed by atoms with E-state index in [2.05, 4.69) is 20.0 Å². The highest BCUT2D eigenvalue weighted by Crippen LogP contribution is 2.53. The van der Waals surface area contributed by atoms with Crippen molar-refractivity contribution in [1.29, 1.82) is 0 Å². The van der Waals surface area contributed by atoms with Crippen LogP contribution in [-0.4, -0.2) is 44.0 Å². The van der Waals surface area contributed by atoms with Crippen molar-refractivity contribution in [3.8, 4) is 5.82 Å². The van der Waals surface area contributed by atoms with E-state index in [1.165, 1.54) is 0 Å². The molecule has 1 unspecified atom stereocenters. The molecule has 1 aliphatic heterocycles. The first-order valence-corrected chi connectivity index (χ1v) is 7.93. The number of aliphatic hydroxyl groups is 1. The van der Waals surface area contributed by atoms with Gasteiger partial charge in [-0.15, -0.1) is 0 Å². The first-order valence-electron chi connectivity index (χ1n) is 7.93. The average Bonchev–Trinajstić information content (AvgIpc) is 3.12. The fraction of sp³-hybridized carbons (Fsp3) is 0.353. The molecule has 6 heteroatoms. The van der Waals surface area contributed by atoms with E-state index in [0.717, 1.165) is 41.9 Å². The molecule has 2 fully saturated rings. The van der Waals surface area contributed by atoms with E-state index >= 15 is 0 Å². The largest absolute Gasteiger partial charge is 0.391 e. The quantitative estimate of drug-likeness (QED) is 0.781. The Morgan fingerprint density at radius 3 is 2.78 bits per heavy atom. The van der Waals surface area contributed by atoms with E-state index in [9.17, 15) is 5.11 Å². The lowest BCUT2D eigenvalue weighted by Gasteiger charge is -2.17. The second-order valence-electron chi connectivity index (χ2n) is 6.61. The standard InChI is InChI=1S/C17H17N5O/c23-14-9-21(10-17(14)5-6-17)15-7-16(19-11-18-15)22-13-4-2-1-3-12(13)8-20-22/h1-4,7-8,11,14,23H,5-6,9-10H2. The molecule has 23 heavy (non-hydrogen) atoms. The molecule has 2 aliphatic rings. The van der Waals surface area contributed by atoms with Gasteiger partial charge in [0.05, 0.1) is 17.8 Å². The number of β-amino-alcohol motifs (C(OH)–C–C–N with tert-alkyl or cyclic N) is 1. The van der Waals surface area contributed by atoms with E-state index in [0.29, 0.717) is 6.54 Å². The van der Waals surface area contributed by atoms with Crippen molar-refractivity contribution < 1.29 is 5.11 Å². The van der Waals surface area contributed by atoms with Crippen molar-refractivity contribution in [2.75, 3.05) is 18.0 Å². The Morgan fingerprint density at radius 1 is 1.13 bits per heavy atom. The van der Waals surface area contributed by atoms with Crippen LogP contribution in [0.4, 0.5) is 5.82 Å². The number of hydrogen-bond donors (Lipinski definition) is 1. The monoisotopic (exact) mass is 307 g/mol. The van der Waals surface area contributed by atoms with E-state index in [4.69, 9.17) is 0 Å². The molecule has 1 N–H and O–H groups in total. The number of para-hydroxylation sites is 1. The Hall–Kier alpha value is -2.47. The Kier molecular flexibility index (Phi) is 2.56. The summed E-state index contributed by atoms with van der Waals surface area (Å²) in [7, 11) is 0. The topological polar surface area (TPSA) is 67.1 Å². The van der Waals surface area contributed by atoms with Gasteiger partial charge in [-0.2, -0.15) is 5.10 Å². The van der Waals surface area contributed by atoms with Gasteiger partial charge < -0.3 is 10.0 Å². The van der Waals surface area contributed by atoms with Crippen LogP contribution in [-0.2, 0) is 0 Å². The van der Waals surface area contributed by atoms with Crippen LogP contribution >= 0.6 is 0 Å². The molecule has 1 aliphatic carbocycles. The summed E-state index contributed by atoms with van der Waals surface area (Å²) in [6, 6.07) is 10.0. The summed E-state index contributed by atoms with van der Waals surface area (Å²) >= 11 is 0. The Balaban J connectivity index is 1.53. The summed E-state index contributed by atoms with van der Waals surface area (Å²) in [4.78, 5) is 10.9. The molecule has 3 aromatic rings. The van der Waals surface area contributed by atoms with Crippen LogP contribution in [0.3, 0.4) is 0 Å². The van der Waals surface area contributed by atoms with Gasteiger partial charge in [-0.25, -0.2) is 14.6 Å². The normalized spacial score (nSPS) is 22.1. The molecule has 6 nitrogen and oxygen atoms in total. The highest BCUT2D eigenvalue weighted by Gasteiger charge is 2.54. The van der Waals surface area contributed by atoms with Gasteiger partial charge in [0, 0.05) is 30.0 Å². The highest BCUT2D eigenvalue weighted by atomic mass is 16.3. The number of aromatic nitrogens is 4. The van der Waals surface area contributed by atoms with Crippen molar-refractivity contribution >= 4 is 16.7 Å². The van der Waals surface area contributed by atoms with E-state index in [1.54, 1.807) is 6.33 Å². The van der Waals surface area contributed by atoms with Gasteiger partial charge in [0.25, 0.3) is 0 Å². The average molecular weight is 307 g/mol. The molecule has 1 spiro atoms. The number of rotatable bonds is 2. The fourth-order valence-electron chi connectivity index (χ4n) is 3.56. The first kappa shape index (κ1) is 13.0. The molecule has 1 saturated carbocycles. The second kappa shape index (κ2) is 4.52. The Labute approximate surface area is 133 Å². The van der Waals surface area contributed by atoms with Crippen LogP contribution in [0.15, 0.2) is 42.9 Å². The van der Waals surface area contributed by atoms with Crippen LogP contribution in [0.2, 0.25) is 0 Å². The zero-order valence-electron chi connectivity index (χ0n) is 12.6. The molecule has 0 radical (unpaired) electrons. The molecule has 116 valence electrons. The van der Waals surface area contributed by atoms with Crippen molar-refractivity contribution in [3.63, 3.8) is 0 Å². The molecule has 1 aromatic carbocycles. The molecule has 5 rings (SSSR count). The maximum atomic E-state index is 10.2. The highest BCUT2D eigenvalue weighted by molar-refractivity contribution is 5.79. The number of fused-ring (bicyclic) bond motifs is 1. The summed E-state index contributed by atoms with van der Waals surface area (Å²) in [6.45, 7) is 1.53. The third-order valence-electron chi connectivity index (χ3n) is 5.15. The van der Waals surface area contributed by atoms with Crippen LogP contribution in [0.1, 0.15) is 12.8 Å². The van der Waals surface area contributed by atoms with Gasteiger partial charge >= 0.3 is 0 Å². The van der Waals surface area contributed by atoms with Gasteiger partial charge in [-0.3, -0.25) is 0 Å². The van der Waals surface area contributed by atoms with Crippen molar-refractivity contribution in [2.45, 2.75) is 18.9 Å². The summed E-state index contributed by atoms with van der Waals surface area (Å²) in [6.07, 6.45) is 5.41. The predicted octanol–water partition coefficient (Wildman–Crippen LogP) is 1.78. The third kappa shape index (κ3) is 1.95. The van der Waals surface area contributed by atoms with Crippen molar-refractivity contribution in [3.05, 3.63) is 42.9 Å². The van der Waals surface area contributed by atoms with E-state index in [1.807, 2.05) is 41.2 Å². The Morgan fingerprint density at radius 2 is 1.96 bits per heavy atom. The van der Waals surface area contributed by atoms with E-state index in [-0.39, 0.29) is 11.5 Å². The van der Waals surface area contributed by atoms with Crippen LogP contribution in [0.5, 0.6) is 0 Å². The maximum absolute atomic E-state index is 10.2. The van der Waals surface area contributed by atoms with Gasteiger partial charge in [0.15, 0.2) is 5.82 Å². The molecule has 2 aromatic heterocycles. The summed E-state index contributed by atoms with van der Waals surface area (Å²) in [5.41, 5.74) is 1.14. The second-order valence-corrected chi connectivity index (χ2v) is 6.61. The van der Waals surface area contributed by atoms with Gasteiger partial charge in [0.2, 0.25) is 0 Å². The van der Waals surface area contributed by atoms with E-state index < -0.39 is 0 Å². The van der Waals surface area contributed by atoms with Crippen LogP contribution in [0, 0.1) is 5.41 Å². The van der Waals surface area contributed by atoms with Gasteiger partial charge in [-0.05, 0) is 18.9 Å². The molecule has 1 atom stereocenters. The SMILES string of the molecule is OC1CN(c2cc(-n3ncc4ccccc43)ncn2)CC12CC2. The Bertz CT molecular complexity index is 885. The third-order valence-corrected chi connectivity index (χ3v) is 5.15. The van der Waals surface area contributed by atoms with Gasteiger partial charge in [0.1, 0.15) is 12.1 Å². The summed E-state index contributed by atoms with van der Waals surface area (Å²) in [5, 5.41) is 15.8. The number of benzene rings is 1. The lowest BCUT2D eigenvalue weighted by Crippen LogP contribution is -2.22. The predicted molar refractivity (Wildman–Crippen MR) is 86.5 cm³/mol. The molecule has 0 amide bonds. The van der Waals surface area contributed by atoms with Gasteiger partial charge in [-0.1, -0.05) is 18.2 Å². The molecular weight excluding hydrogens is 290 g/mol. The zero-order valence-corrected chi connectivity index (χ0v) is 12.6. The maximum Gasteiger partial charge on any atom is 0.159 e. The summed E-state index contributed by atoms with van der Waals surface area (Å²) < 4.78 is 1.83. The number of nitrogens with zero attached hydrogens (tertiary/aromatic N) is 5. The van der Waals surface area contributed by atoms with Crippen molar-refractivity contribution in [2.24, 2.45) is 5.41 Å².